The molecule has 1 fully saturated rings. The zero-order valence-electron chi connectivity index (χ0n) is 41.6. The molecule has 9 atom stereocenters. The number of carbonyl (C=O) groups excluding carboxylic acids is 8. The fourth-order valence-electron chi connectivity index (χ4n) is 7.74. The molecule has 0 spiro atoms. The lowest BCUT2D eigenvalue weighted by Crippen LogP contribution is -2.60. The quantitative estimate of drug-likeness (QED) is 0.0401. The number of nitrogens with one attached hydrogen (secondary N) is 7. The number of hydrogen-bond acceptors (Lipinski definition) is 12. The second-order valence-electron chi connectivity index (χ2n) is 19.6. The molecule has 0 aromatic heterocycles. The van der Waals surface area contributed by atoms with Crippen molar-refractivity contribution in [1.29, 1.82) is 0 Å². The molecule has 0 aliphatic carbocycles. The van der Waals surface area contributed by atoms with Crippen molar-refractivity contribution in [2.24, 2.45) is 41.1 Å². The topological polar surface area (TPSA) is 334 Å². The summed E-state index contributed by atoms with van der Waals surface area (Å²) in [6.45, 7) is 17.5. The van der Waals surface area contributed by atoms with Crippen molar-refractivity contribution in [3.63, 3.8) is 0 Å². The molecule has 1 aliphatic rings. The first-order chi connectivity index (χ1) is 31.4. The standard InChI is InChI=1S/C46H84N10O11/c1-11-29(10)38(55-39(59)30(48)19-25(2)3)44(64)53-33(21-27(6)7)42(62)52-32(20-26(4)5)40(60)49-23-37(58)50-35(24-57)45(65)56-18-14-16-36(56)43(63)51-31(15-12-13-17-47)41(61)54-34(46(66)67)22-28(8)9/h25-36,38,57H,11-24,47-48H2,1-10H3,(H,49,60)(H,50,58)(H,51,63)(H,52,62)(H,53,64)(H,54,61)(H,55,59)(H,66,67)/t29-,30-,31-,32-,33-,34-,35-,36-,38-/m0/s1. The number of aliphatic carboxylic acids is 1. The number of carboxylic acid groups (broad SMARTS) is 1. The molecule has 0 aromatic rings. The molecule has 13 N–H and O–H groups in total. The molecule has 67 heavy (non-hydrogen) atoms. The number of likely N-dealkylation sites (tertiary alicyclic amines) is 1. The number of amides is 8. The molecule has 0 radical (unpaired) electrons. The lowest BCUT2D eigenvalue weighted by molar-refractivity contribution is -0.144. The van der Waals surface area contributed by atoms with E-state index in [-0.39, 0.29) is 68.2 Å². The van der Waals surface area contributed by atoms with Gasteiger partial charge in [0, 0.05) is 6.54 Å². The average Bonchev–Trinajstić information content (AvgIpc) is 3.74. The molecule has 8 amide bonds. The van der Waals surface area contributed by atoms with E-state index in [1.807, 2.05) is 62.3 Å². The minimum Gasteiger partial charge on any atom is -0.480 e. The maximum Gasteiger partial charge on any atom is 0.326 e. The van der Waals surface area contributed by atoms with Gasteiger partial charge in [0.2, 0.25) is 47.3 Å². The predicted molar refractivity (Wildman–Crippen MR) is 252 cm³/mol. The summed E-state index contributed by atoms with van der Waals surface area (Å²) in [5.41, 5.74) is 11.7. The van der Waals surface area contributed by atoms with Gasteiger partial charge in [-0.15, -0.1) is 0 Å². The summed E-state index contributed by atoms with van der Waals surface area (Å²) in [5, 5.41) is 38.2. The van der Waals surface area contributed by atoms with Gasteiger partial charge in [0.25, 0.3) is 0 Å². The summed E-state index contributed by atoms with van der Waals surface area (Å²) in [6.07, 6.45) is 3.27. The van der Waals surface area contributed by atoms with Gasteiger partial charge in [-0.25, -0.2) is 4.79 Å². The van der Waals surface area contributed by atoms with Gasteiger partial charge in [0.05, 0.1) is 19.2 Å². The molecule has 0 unspecified atom stereocenters. The van der Waals surface area contributed by atoms with Crippen LogP contribution in [0.25, 0.3) is 0 Å². The molecular formula is C46H84N10O11. The number of nitrogens with two attached hydrogens (primary N) is 2. The van der Waals surface area contributed by atoms with Crippen molar-refractivity contribution in [2.45, 2.75) is 182 Å². The molecule has 1 saturated heterocycles. The highest BCUT2D eigenvalue weighted by atomic mass is 16.4. The molecule has 384 valence electrons. The van der Waals surface area contributed by atoms with Gasteiger partial charge >= 0.3 is 5.97 Å². The third kappa shape index (κ3) is 21.7. The van der Waals surface area contributed by atoms with Gasteiger partial charge in [-0.2, -0.15) is 0 Å². The summed E-state index contributed by atoms with van der Waals surface area (Å²) < 4.78 is 0. The van der Waals surface area contributed by atoms with Crippen LogP contribution >= 0.6 is 0 Å². The summed E-state index contributed by atoms with van der Waals surface area (Å²) in [6, 6.07) is -8.90. The van der Waals surface area contributed by atoms with E-state index in [0.29, 0.717) is 38.6 Å². The largest absolute Gasteiger partial charge is 0.480 e. The van der Waals surface area contributed by atoms with E-state index < -0.39 is 115 Å². The molecule has 21 nitrogen and oxygen atoms in total. The van der Waals surface area contributed by atoms with Crippen molar-refractivity contribution in [1.82, 2.24) is 42.1 Å². The van der Waals surface area contributed by atoms with E-state index in [4.69, 9.17) is 11.5 Å². The van der Waals surface area contributed by atoms with Gasteiger partial charge in [0.15, 0.2) is 0 Å². The van der Waals surface area contributed by atoms with Gasteiger partial charge < -0.3 is 63.8 Å². The third-order valence-electron chi connectivity index (χ3n) is 11.5. The van der Waals surface area contributed by atoms with Crippen molar-refractivity contribution >= 4 is 53.2 Å². The number of carbonyl (C=O) groups is 9. The first-order valence-electron chi connectivity index (χ1n) is 24.1. The highest BCUT2D eigenvalue weighted by molar-refractivity contribution is 5.97. The van der Waals surface area contributed by atoms with Crippen LogP contribution in [0.5, 0.6) is 0 Å². The van der Waals surface area contributed by atoms with Gasteiger partial charge in [-0.05, 0) is 93.9 Å². The Hall–Kier alpha value is -4.89. The zero-order chi connectivity index (χ0) is 51.1. The molecule has 0 saturated carbocycles. The Labute approximate surface area is 396 Å². The zero-order valence-corrected chi connectivity index (χ0v) is 41.6. The Morgan fingerprint density at radius 3 is 1.67 bits per heavy atom. The SMILES string of the molecule is CC[C@H](C)[C@H](NC(=O)[C@@H](N)CC(C)C)C(=O)N[C@@H](CC(C)C)C(=O)N[C@@H](CC(C)C)C(=O)NCC(=O)N[C@@H](CO)C(=O)N1CCC[C@H]1C(=O)N[C@@H](CCCCN)C(=O)N[C@@H](CC(C)C)C(=O)O. The Kier molecular flexibility index (Phi) is 27.4. The van der Waals surface area contributed by atoms with Gasteiger partial charge in [0.1, 0.15) is 42.3 Å². The smallest absolute Gasteiger partial charge is 0.326 e. The van der Waals surface area contributed by atoms with E-state index >= 15 is 0 Å². The Balaban J connectivity index is 3.10. The van der Waals surface area contributed by atoms with Crippen LogP contribution in [-0.2, 0) is 43.2 Å². The van der Waals surface area contributed by atoms with Crippen molar-refractivity contribution < 1.29 is 53.4 Å². The highest BCUT2D eigenvalue weighted by Gasteiger charge is 2.40. The fraction of sp³-hybridized carbons (Fsp3) is 0.804. The fourth-order valence-corrected chi connectivity index (χ4v) is 7.74. The summed E-state index contributed by atoms with van der Waals surface area (Å²) in [4.78, 5) is 121. The molecule has 21 heteroatoms. The first kappa shape index (κ1) is 60.1. The minimum absolute atomic E-state index is 0.0393. The number of aliphatic hydroxyl groups excluding tert-OH is 1. The van der Waals surface area contributed by atoms with Crippen LogP contribution < -0.4 is 48.7 Å². The van der Waals surface area contributed by atoms with Crippen molar-refractivity contribution in [3.8, 4) is 0 Å². The Morgan fingerprint density at radius 1 is 0.627 bits per heavy atom. The van der Waals surface area contributed by atoms with E-state index in [2.05, 4.69) is 37.2 Å². The number of nitrogens with zero attached hydrogens (tertiary/aromatic N) is 1. The van der Waals surface area contributed by atoms with Gasteiger partial charge in [-0.3, -0.25) is 38.4 Å². The van der Waals surface area contributed by atoms with E-state index in [9.17, 15) is 53.4 Å². The molecule has 1 aliphatic heterocycles. The number of unbranched alkanes of at least 4 members (excludes halogenated alkanes) is 1. The van der Waals surface area contributed by atoms with Crippen LogP contribution in [0.15, 0.2) is 0 Å². The average molecular weight is 953 g/mol. The lowest BCUT2D eigenvalue weighted by atomic mass is 9.95. The highest BCUT2D eigenvalue weighted by Crippen LogP contribution is 2.20. The van der Waals surface area contributed by atoms with Crippen molar-refractivity contribution in [2.75, 3.05) is 26.2 Å². The Bertz CT molecular complexity index is 1640. The predicted octanol–water partition coefficient (Wildman–Crippen LogP) is -0.234. The summed E-state index contributed by atoms with van der Waals surface area (Å²) in [5.74, 6) is -6.98. The minimum atomic E-state index is -1.50. The second-order valence-corrected chi connectivity index (χ2v) is 19.6. The summed E-state index contributed by atoms with van der Waals surface area (Å²) >= 11 is 0. The maximum atomic E-state index is 13.8. The lowest BCUT2D eigenvalue weighted by Gasteiger charge is -2.30. The van der Waals surface area contributed by atoms with Crippen molar-refractivity contribution in [3.05, 3.63) is 0 Å². The number of hydrogen-bond donors (Lipinski definition) is 11. The van der Waals surface area contributed by atoms with E-state index in [1.54, 1.807) is 6.92 Å². The molecule has 0 bridgehead atoms. The number of aliphatic hydroxyl groups is 1. The monoisotopic (exact) mass is 953 g/mol. The molecule has 1 heterocycles. The molecular weight excluding hydrogens is 869 g/mol. The van der Waals surface area contributed by atoms with E-state index in [0.717, 1.165) is 0 Å². The number of carboxylic acids is 1. The number of rotatable bonds is 31. The van der Waals surface area contributed by atoms with Crippen LogP contribution in [0.2, 0.25) is 0 Å². The second kappa shape index (κ2) is 30.5. The summed E-state index contributed by atoms with van der Waals surface area (Å²) in [7, 11) is 0. The van der Waals surface area contributed by atoms with Crippen LogP contribution in [-0.4, -0.2) is 143 Å². The van der Waals surface area contributed by atoms with Crippen LogP contribution in [0.1, 0.15) is 133 Å². The van der Waals surface area contributed by atoms with E-state index in [1.165, 1.54) is 4.90 Å². The van der Waals surface area contributed by atoms with Gasteiger partial charge in [-0.1, -0.05) is 75.7 Å². The Morgan fingerprint density at radius 2 is 1.15 bits per heavy atom. The molecule has 1 rings (SSSR count). The van der Waals surface area contributed by atoms with Crippen LogP contribution in [0.4, 0.5) is 0 Å². The molecule has 0 aromatic carbocycles. The maximum absolute atomic E-state index is 13.8. The first-order valence-corrected chi connectivity index (χ1v) is 24.1. The van der Waals surface area contributed by atoms with Crippen LogP contribution in [0.3, 0.4) is 0 Å². The van der Waals surface area contributed by atoms with Crippen LogP contribution in [0, 0.1) is 29.6 Å². The third-order valence-corrected chi connectivity index (χ3v) is 11.5. The normalized spacial score (nSPS) is 17.4.